The highest BCUT2D eigenvalue weighted by Crippen LogP contribution is 2.33. The van der Waals surface area contributed by atoms with Gasteiger partial charge in [-0.25, -0.2) is 0 Å². The number of aromatic nitrogens is 1. The second kappa shape index (κ2) is 3.87. The van der Waals surface area contributed by atoms with Gasteiger partial charge in [-0.1, -0.05) is 24.3 Å². The van der Waals surface area contributed by atoms with Gasteiger partial charge in [0.1, 0.15) is 0 Å². The van der Waals surface area contributed by atoms with Crippen molar-refractivity contribution >= 4 is 10.8 Å². The molecule has 3 rings (SSSR count). The molecule has 1 aliphatic rings. The zero-order valence-electron chi connectivity index (χ0n) is 9.56. The Morgan fingerprint density at radius 2 is 2.12 bits per heavy atom. The van der Waals surface area contributed by atoms with Gasteiger partial charge < -0.3 is 0 Å². The van der Waals surface area contributed by atoms with Crippen LogP contribution in [0.1, 0.15) is 24.4 Å². The first kappa shape index (κ1) is 9.79. The summed E-state index contributed by atoms with van der Waals surface area (Å²) in [5.74, 6) is 0. The molecule has 0 unspecified atom stereocenters. The topological polar surface area (TPSA) is 16.1 Å². The summed E-state index contributed by atoms with van der Waals surface area (Å²) in [6.45, 7) is 1.20. The quantitative estimate of drug-likeness (QED) is 0.722. The zero-order valence-corrected chi connectivity index (χ0v) is 9.56. The van der Waals surface area contributed by atoms with E-state index in [4.69, 9.17) is 0 Å². The van der Waals surface area contributed by atoms with Crippen molar-refractivity contribution in [2.45, 2.75) is 18.9 Å². The molecule has 0 bridgehead atoms. The van der Waals surface area contributed by atoms with Crippen LogP contribution in [-0.2, 0) is 0 Å². The Labute approximate surface area is 95.9 Å². The molecule has 0 N–H and O–H groups in total. The van der Waals surface area contributed by atoms with E-state index in [2.05, 4.69) is 41.2 Å². The van der Waals surface area contributed by atoms with Crippen LogP contribution in [0, 0.1) is 0 Å². The average molecular weight is 212 g/mol. The Hall–Kier alpha value is -1.41. The highest BCUT2D eigenvalue weighted by Gasteiger charge is 2.23. The molecule has 0 radical (unpaired) electrons. The second-order valence-corrected chi connectivity index (χ2v) is 4.59. The molecular formula is C14H16N2. The molecule has 1 saturated heterocycles. The lowest BCUT2D eigenvalue weighted by Gasteiger charge is -2.20. The van der Waals surface area contributed by atoms with Crippen LogP contribution in [0.4, 0.5) is 0 Å². The number of fused-ring (bicyclic) bond motifs is 1. The molecule has 1 aromatic heterocycles. The summed E-state index contributed by atoms with van der Waals surface area (Å²) in [7, 11) is 2.21. The molecule has 16 heavy (non-hydrogen) atoms. The maximum absolute atomic E-state index is 4.37. The smallest absolute Gasteiger partial charge is 0.0366 e. The highest BCUT2D eigenvalue weighted by molar-refractivity contribution is 5.85. The molecule has 0 aliphatic carbocycles. The van der Waals surface area contributed by atoms with Crippen LogP contribution in [-0.4, -0.2) is 23.5 Å². The third kappa shape index (κ3) is 1.50. The molecule has 1 fully saturated rings. The lowest BCUT2D eigenvalue weighted by atomic mass is 10.0. The van der Waals surface area contributed by atoms with Crippen LogP contribution in [0.3, 0.4) is 0 Å². The predicted octanol–water partition coefficient (Wildman–Crippen LogP) is 3.00. The molecule has 82 valence electrons. The zero-order chi connectivity index (χ0) is 11.0. The van der Waals surface area contributed by atoms with Crippen LogP contribution < -0.4 is 0 Å². The molecule has 1 aliphatic heterocycles. The van der Waals surface area contributed by atoms with Crippen LogP contribution in [0.25, 0.3) is 10.8 Å². The lowest BCUT2D eigenvalue weighted by molar-refractivity contribution is 0.318. The summed E-state index contributed by atoms with van der Waals surface area (Å²) in [5, 5.41) is 2.61. The van der Waals surface area contributed by atoms with E-state index in [1.165, 1.54) is 35.7 Å². The van der Waals surface area contributed by atoms with Crippen molar-refractivity contribution in [3.05, 3.63) is 42.2 Å². The van der Waals surface area contributed by atoms with Crippen molar-refractivity contribution in [1.82, 2.24) is 9.88 Å². The maximum Gasteiger partial charge on any atom is 0.0366 e. The molecule has 1 aromatic carbocycles. The third-order valence-electron chi connectivity index (χ3n) is 3.58. The average Bonchev–Trinajstić information content (AvgIpc) is 2.75. The summed E-state index contributed by atoms with van der Waals surface area (Å²) in [6, 6.07) is 9.09. The fourth-order valence-corrected chi connectivity index (χ4v) is 2.71. The van der Waals surface area contributed by atoms with Crippen molar-refractivity contribution in [3.8, 4) is 0 Å². The van der Waals surface area contributed by atoms with E-state index in [1.807, 2.05) is 12.4 Å². The largest absolute Gasteiger partial charge is 0.299 e. The molecule has 0 spiro atoms. The first-order valence-electron chi connectivity index (χ1n) is 5.89. The second-order valence-electron chi connectivity index (χ2n) is 4.59. The van der Waals surface area contributed by atoms with Gasteiger partial charge >= 0.3 is 0 Å². The molecule has 2 heteroatoms. The summed E-state index contributed by atoms with van der Waals surface area (Å²) in [4.78, 5) is 6.80. The van der Waals surface area contributed by atoms with E-state index in [9.17, 15) is 0 Å². The van der Waals surface area contributed by atoms with Crippen LogP contribution in [0.15, 0.2) is 36.7 Å². The van der Waals surface area contributed by atoms with Gasteiger partial charge in [-0.15, -0.1) is 0 Å². The van der Waals surface area contributed by atoms with Gasteiger partial charge in [-0.3, -0.25) is 9.88 Å². The van der Waals surface area contributed by atoms with E-state index in [1.54, 1.807) is 0 Å². The Balaban J connectivity index is 2.16. The van der Waals surface area contributed by atoms with Crippen LogP contribution in [0.2, 0.25) is 0 Å². The van der Waals surface area contributed by atoms with Crippen LogP contribution >= 0.6 is 0 Å². The summed E-state index contributed by atoms with van der Waals surface area (Å²) < 4.78 is 0. The van der Waals surface area contributed by atoms with E-state index in [0.717, 1.165) is 0 Å². The standard InChI is InChI=1S/C14H16N2/c1-16-8-4-7-14(16)13-10-15-9-11-5-2-3-6-12(11)13/h2-3,5-6,9-10,14H,4,7-8H2,1H3/t14-/m1/s1. The molecule has 2 heterocycles. The molecule has 0 saturated carbocycles. The summed E-state index contributed by atoms with van der Waals surface area (Å²) in [6.07, 6.45) is 6.54. The summed E-state index contributed by atoms with van der Waals surface area (Å²) >= 11 is 0. The van der Waals surface area contributed by atoms with E-state index in [-0.39, 0.29) is 0 Å². The Bertz CT molecular complexity index is 502. The van der Waals surface area contributed by atoms with Gasteiger partial charge in [0, 0.05) is 23.8 Å². The van der Waals surface area contributed by atoms with Crippen molar-refractivity contribution in [1.29, 1.82) is 0 Å². The van der Waals surface area contributed by atoms with E-state index >= 15 is 0 Å². The normalized spacial score (nSPS) is 21.7. The number of likely N-dealkylation sites (tertiary alicyclic amines) is 1. The van der Waals surface area contributed by atoms with Crippen LogP contribution in [0.5, 0.6) is 0 Å². The van der Waals surface area contributed by atoms with Gasteiger partial charge in [0.2, 0.25) is 0 Å². The monoisotopic (exact) mass is 212 g/mol. The third-order valence-corrected chi connectivity index (χ3v) is 3.58. The number of rotatable bonds is 1. The van der Waals surface area contributed by atoms with Gasteiger partial charge in [0.05, 0.1) is 0 Å². The molecule has 2 nitrogen and oxygen atoms in total. The van der Waals surface area contributed by atoms with Crippen molar-refractivity contribution in [2.75, 3.05) is 13.6 Å². The highest BCUT2D eigenvalue weighted by atomic mass is 15.1. The lowest BCUT2D eigenvalue weighted by Crippen LogP contribution is -2.17. The number of pyridine rings is 1. The minimum atomic E-state index is 0.554. The molecule has 2 aromatic rings. The number of hydrogen-bond donors (Lipinski definition) is 0. The Morgan fingerprint density at radius 3 is 2.94 bits per heavy atom. The first-order chi connectivity index (χ1) is 7.86. The number of nitrogens with zero attached hydrogens (tertiary/aromatic N) is 2. The van der Waals surface area contributed by atoms with Crippen molar-refractivity contribution in [2.24, 2.45) is 0 Å². The van der Waals surface area contributed by atoms with E-state index in [0.29, 0.717) is 6.04 Å². The molecule has 1 atom stereocenters. The van der Waals surface area contributed by atoms with Gasteiger partial charge in [0.25, 0.3) is 0 Å². The minimum absolute atomic E-state index is 0.554. The van der Waals surface area contributed by atoms with Crippen molar-refractivity contribution < 1.29 is 0 Å². The Morgan fingerprint density at radius 1 is 1.25 bits per heavy atom. The Kier molecular flexibility index (Phi) is 2.37. The fraction of sp³-hybridized carbons (Fsp3) is 0.357. The van der Waals surface area contributed by atoms with Gasteiger partial charge in [-0.2, -0.15) is 0 Å². The minimum Gasteiger partial charge on any atom is -0.299 e. The molecule has 0 amide bonds. The van der Waals surface area contributed by atoms with Gasteiger partial charge in [-0.05, 0) is 37.4 Å². The maximum atomic E-state index is 4.37. The first-order valence-corrected chi connectivity index (χ1v) is 5.89. The predicted molar refractivity (Wildman–Crippen MR) is 66.3 cm³/mol. The molecular weight excluding hydrogens is 196 g/mol. The number of hydrogen-bond acceptors (Lipinski definition) is 2. The number of benzene rings is 1. The van der Waals surface area contributed by atoms with Crippen molar-refractivity contribution in [3.63, 3.8) is 0 Å². The fourth-order valence-electron chi connectivity index (χ4n) is 2.71. The summed E-state index contributed by atoms with van der Waals surface area (Å²) in [5.41, 5.74) is 1.39. The van der Waals surface area contributed by atoms with E-state index < -0.39 is 0 Å². The van der Waals surface area contributed by atoms with Gasteiger partial charge in [0.15, 0.2) is 0 Å². The SMILES string of the molecule is CN1CCC[C@@H]1c1cncc2ccccc12.